The van der Waals surface area contributed by atoms with Crippen molar-refractivity contribution in [3.8, 4) is 6.07 Å². The molecule has 0 bridgehead atoms. The quantitative estimate of drug-likeness (QED) is 0.777. The van der Waals surface area contributed by atoms with Crippen LogP contribution in [-0.4, -0.2) is 24.6 Å². The first kappa shape index (κ1) is 20.4. The van der Waals surface area contributed by atoms with Gasteiger partial charge in [0.05, 0.1) is 37.0 Å². The summed E-state index contributed by atoms with van der Waals surface area (Å²) in [6.45, 7) is 8.02. The van der Waals surface area contributed by atoms with Gasteiger partial charge < -0.3 is 15.4 Å². The lowest BCUT2D eigenvalue weighted by Gasteiger charge is -2.12. The Labute approximate surface area is 164 Å². The molecule has 3 rings (SSSR count). The second-order valence-corrected chi connectivity index (χ2v) is 6.09. The smallest absolute Gasteiger partial charge is 0.241 e. The third-order valence-electron chi connectivity index (χ3n) is 4.24. The summed E-state index contributed by atoms with van der Waals surface area (Å²) < 4.78 is 5.87. The summed E-state index contributed by atoms with van der Waals surface area (Å²) in [5.74, 6) is -0.109. The number of amides is 1. The number of anilines is 1. The van der Waals surface area contributed by atoms with Gasteiger partial charge in [-0.15, -0.1) is 12.4 Å². The van der Waals surface area contributed by atoms with E-state index >= 15 is 0 Å². The number of nitriles is 1. The second kappa shape index (κ2) is 9.70. The van der Waals surface area contributed by atoms with E-state index in [2.05, 4.69) is 15.5 Å². The third-order valence-corrected chi connectivity index (χ3v) is 4.24. The van der Waals surface area contributed by atoms with Crippen LogP contribution in [0, 0.1) is 17.9 Å². The summed E-state index contributed by atoms with van der Waals surface area (Å²) in [6, 6.07) is 15.8. The molecule has 2 N–H and O–H groups in total. The number of benzene rings is 2. The lowest BCUT2D eigenvalue weighted by Crippen LogP contribution is -2.35. The number of carbonyl (C=O) groups is 1. The predicted octanol–water partition coefficient (Wildman–Crippen LogP) is 3.42. The standard InChI is InChI=1S/C20H18N4O2.ClH/c1-22-16-6-4-15(5-7-16)13-26-18-10-19(23-12-18)20(25)24-17-8-2-14(11-21)3-9-17;/h2-9,18-19,23H,10,12-13H2,(H,24,25);1H/t18-,19+;/m0./s1. The summed E-state index contributed by atoms with van der Waals surface area (Å²) in [5, 5.41) is 14.8. The molecule has 0 spiro atoms. The molecule has 0 radical (unpaired) electrons. The van der Waals surface area contributed by atoms with E-state index < -0.39 is 0 Å². The van der Waals surface area contributed by atoms with Crippen molar-refractivity contribution >= 4 is 29.7 Å². The first-order valence-corrected chi connectivity index (χ1v) is 8.30. The minimum atomic E-state index is -0.305. The van der Waals surface area contributed by atoms with Crippen LogP contribution in [0.25, 0.3) is 4.85 Å². The Morgan fingerprint density at radius 3 is 2.59 bits per heavy atom. The molecule has 0 aliphatic carbocycles. The largest absolute Gasteiger partial charge is 0.372 e. The Hall–Kier alpha value is -2.90. The van der Waals surface area contributed by atoms with Gasteiger partial charge >= 0.3 is 0 Å². The molecule has 2 aromatic rings. The average molecular weight is 383 g/mol. The van der Waals surface area contributed by atoms with Crippen LogP contribution in [0.3, 0.4) is 0 Å². The van der Waals surface area contributed by atoms with Crippen LogP contribution in [0.4, 0.5) is 11.4 Å². The van der Waals surface area contributed by atoms with Crippen LogP contribution < -0.4 is 10.6 Å². The molecule has 7 heteroatoms. The molecule has 0 unspecified atom stereocenters. The maximum absolute atomic E-state index is 12.3. The minimum absolute atomic E-state index is 0. The van der Waals surface area contributed by atoms with Crippen LogP contribution >= 0.6 is 12.4 Å². The van der Waals surface area contributed by atoms with Crippen molar-refractivity contribution in [1.29, 1.82) is 5.26 Å². The molecule has 0 saturated carbocycles. The Morgan fingerprint density at radius 1 is 1.26 bits per heavy atom. The zero-order valence-electron chi connectivity index (χ0n) is 14.5. The molecule has 2 aromatic carbocycles. The van der Waals surface area contributed by atoms with Gasteiger partial charge in [-0.1, -0.05) is 24.3 Å². The van der Waals surface area contributed by atoms with Gasteiger partial charge in [-0.3, -0.25) is 4.79 Å². The van der Waals surface area contributed by atoms with Gasteiger partial charge in [0.15, 0.2) is 5.69 Å². The van der Waals surface area contributed by atoms with Gasteiger partial charge in [0.1, 0.15) is 0 Å². The number of rotatable bonds is 5. The average Bonchev–Trinajstić information content (AvgIpc) is 3.16. The van der Waals surface area contributed by atoms with Crippen molar-refractivity contribution in [2.75, 3.05) is 11.9 Å². The second-order valence-electron chi connectivity index (χ2n) is 6.09. The van der Waals surface area contributed by atoms with Gasteiger partial charge in [-0.25, -0.2) is 4.85 Å². The van der Waals surface area contributed by atoms with Crippen LogP contribution in [0.1, 0.15) is 17.5 Å². The zero-order chi connectivity index (χ0) is 18.4. The fourth-order valence-corrected chi connectivity index (χ4v) is 2.77. The van der Waals surface area contributed by atoms with Crippen molar-refractivity contribution in [1.82, 2.24) is 5.32 Å². The molecule has 6 nitrogen and oxygen atoms in total. The molecule has 1 aliphatic heterocycles. The van der Waals surface area contributed by atoms with Crippen molar-refractivity contribution < 1.29 is 9.53 Å². The summed E-state index contributed by atoms with van der Waals surface area (Å²) >= 11 is 0. The normalized spacial score (nSPS) is 18.0. The third kappa shape index (κ3) is 5.54. The number of ether oxygens (including phenoxy) is 1. The molecule has 1 amide bonds. The molecule has 27 heavy (non-hydrogen) atoms. The highest BCUT2D eigenvalue weighted by Gasteiger charge is 2.30. The number of carbonyl (C=O) groups excluding carboxylic acids is 1. The molecular formula is C20H19ClN4O2. The van der Waals surface area contributed by atoms with Gasteiger partial charge in [0.25, 0.3) is 0 Å². The summed E-state index contributed by atoms with van der Waals surface area (Å²) in [4.78, 5) is 15.7. The first-order chi connectivity index (χ1) is 12.7. The van der Waals surface area contributed by atoms with Crippen molar-refractivity contribution in [3.05, 3.63) is 71.1 Å². The van der Waals surface area contributed by atoms with Gasteiger partial charge in [-0.05, 0) is 36.2 Å². The number of hydrogen-bond acceptors (Lipinski definition) is 4. The Kier molecular flexibility index (Phi) is 7.34. The highest BCUT2D eigenvalue weighted by molar-refractivity contribution is 5.95. The predicted molar refractivity (Wildman–Crippen MR) is 105 cm³/mol. The summed E-state index contributed by atoms with van der Waals surface area (Å²) in [5.41, 5.74) is 2.83. The monoisotopic (exact) mass is 382 g/mol. The molecule has 1 aliphatic rings. The SMILES string of the molecule is Cl.[C-]#[N+]c1ccc(CO[C@@H]2CN[C@@H](C(=O)Nc3ccc(C#N)cc3)C2)cc1. The zero-order valence-corrected chi connectivity index (χ0v) is 15.3. The van der Waals surface area contributed by atoms with E-state index in [1.807, 2.05) is 18.2 Å². The lowest BCUT2D eigenvalue weighted by atomic mass is 10.1. The maximum Gasteiger partial charge on any atom is 0.241 e. The topological polar surface area (TPSA) is 78.5 Å². The number of halogens is 1. The highest BCUT2D eigenvalue weighted by atomic mass is 35.5. The number of hydrogen-bond donors (Lipinski definition) is 2. The number of nitrogens with one attached hydrogen (secondary N) is 2. The van der Waals surface area contributed by atoms with Crippen LogP contribution in [0.2, 0.25) is 0 Å². The van der Waals surface area contributed by atoms with E-state index in [1.165, 1.54) is 0 Å². The fourth-order valence-electron chi connectivity index (χ4n) is 2.77. The Balaban J connectivity index is 0.00000261. The van der Waals surface area contributed by atoms with E-state index in [9.17, 15) is 4.79 Å². The van der Waals surface area contributed by atoms with Gasteiger partial charge in [0, 0.05) is 12.2 Å². The van der Waals surface area contributed by atoms with Gasteiger partial charge in [-0.2, -0.15) is 5.26 Å². The van der Waals surface area contributed by atoms with Crippen LogP contribution in [-0.2, 0) is 16.1 Å². The van der Waals surface area contributed by atoms with E-state index in [4.69, 9.17) is 16.6 Å². The van der Waals surface area contributed by atoms with Crippen LogP contribution in [0.5, 0.6) is 0 Å². The maximum atomic E-state index is 12.3. The van der Waals surface area contributed by atoms with E-state index in [0.29, 0.717) is 36.5 Å². The van der Waals surface area contributed by atoms with Crippen molar-refractivity contribution in [3.63, 3.8) is 0 Å². The first-order valence-electron chi connectivity index (χ1n) is 8.30. The minimum Gasteiger partial charge on any atom is -0.372 e. The van der Waals surface area contributed by atoms with Gasteiger partial charge in [0.2, 0.25) is 5.91 Å². The van der Waals surface area contributed by atoms with E-state index in [0.717, 1.165) is 5.56 Å². The Morgan fingerprint density at radius 2 is 1.96 bits per heavy atom. The van der Waals surface area contributed by atoms with E-state index in [-0.39, 0.29) is 30.5 Å². The highest BCUT2D eigenvalue weighted by Crippen LogP contribution is 2.17. The molecule has 2 atom stereocenters. The molecule has 1 fully saturated rings. The van der Waals surface area contributed by atoms with E-state index in [1.54, 1.807) is 36.4 Å². The fraction of sp³-hybridized carbons (Fsp3) is 0.250. The van der Waals surface area contributed by atoms with Crippen molar-refractivity contribution in [2.24, 2.45) is 0 Å². The van der Waals surface area contributed by atoms with Crippen molar-refractivity contribution in [2.45, 2.75) is 25.2 Å². The number of nitrogens with zero attached hydrogens (tertiary/aromatic N) is 2. The summed E-state index contributed by atoms with van der Waals surface area (Å²) in [6.07, 6.45) is 0.565. The molecule has 138 valence electrons. The molecular weight excluding hydrogens is 364 g/mol. The molecule has 1 heterocycles. The summed E-state index contributed by atoms with van der Waals surface area (Å²) in [7, 11) is 0. The molecule has 1 saturated heterocycles. The molecule has 0 aromatic heterocycles. The lowest BCUT2D eigenvalue weighted by molar-refractivity contribution is -0.118. The Bertz CT molecular complexity index is 854. The van der Waals surface area contributed by atoms with Crippen LogP contribution in [0.15, 0.2) is 48.5 Å².